The van der Waals surface area contributed by atoms with Crippen molar-refractivity contribution in [2.24, 2.45) is 0 Å². The molecule has 158 valence electrons. The highest BCUT2D eigenvalue weighted by molar-refractivity contribution is 5.93. The van der Waals surface area contributed by atoms with Gasteiger partial charge in [-0.25, -0.2) is 4.79 Å². The van der Waals surface area contributed by atoms with Gasteiger partial charge >= 0.3 is 5.97 Å². The Morgan fingerprint density at radius 2 is 1.50 bits per heavy atom. The number of esters is 1. The molecule has 0 amide bonds. The van der Waals surface area contributed by atoms with Gasteiger partial charge in [-0.05, 0) is 31.2 Å². The summed E-state index contributed by atoms with van der Waals surface area (Å²) >= 11 is 0. The molecule has 2 aromatic carbocycles. The van der Waals surface area contributed by atoms with E-state index in [1.54, 1.807) is 44.4 Å². The fraction of sp³-hybridized carbons (Fsp3) is 0.286. The summed E-state index contributed by atoms with van der Waals surface area (Å²) < 4.78 is 32.0. The van der Waals surface area contributed by atoms with E-state index in [0.717, 1.165) is 5.56 Å². The molecule has 0 spiro atoms. The van der Waals surface area contributed by atoms with Crippen molar-refractivity contribution in [3.63, 3.8) is 0 Å². The van der Waals surface area contributed by atoms with Gasteiger partial charge in [-0.2, -0.15) is 0 Å². The largest absolute Gasteiger partial charge is 0.497 e. The quantitative estimate of drug-likeness (QED) is 0.511. The molecule has 0 saturated carbocycles. The van der Waals surface area contributed by atoms with Crippen molar-refractivity contribution in [2.75, 3.05) is 28.4 Å². The van der Waals surface area contributed by atoms with Crippen LogP contribution in [-0.4, -0.2) is 44.6 Å². The standard InChI is InChI=1S/C21H22N2O7/c1-12(19-22-23-20(30-19)13-6-8-14(25-2)9-7-13)29-21(24)15-10-17(27-4)18(28-5)11-16(15)26-3/h6-12H,1-5H3/t12-/m1/s1. The lowest BCUT2D eigenvalue weighted by atomic mass is 10.1. The van der Waals surface area contributed by atoms with Gasteiger partial charge in [0.15, 0.2) is 17.6 Å². The van der Waals surface area contributed by atoms with Crippen LogP contribution in [0.15, 0.2) is 40.8 Å². The van der Waals surface area contributed by atoms with Crippen LogP contribution in [0.3, 0.4) is 0 Å². The number of methoxy groups -OCH3 is 4. The molecule has 0 saturated heterocycles. The Morgan fingerprint density at radius 1 is 0.867 bits per heavy atom. The summed E-state index contributed by atoms with van der Waals surface area (Å²) in [4.78, 5) is 12.7. The van der Waals surface area contributed by atoms with E-state index in [4.69, 9.17) is 28.1 Å². The first-order valence-corrected chi connectivity index (χ1v) is 8.99. The van der Waals surface area contributed by atoms with Crippen LogP contribution in [0, 0.1) is 0 Å². The maximum absolute atomic E-state index is 12.7. The lowest BCUT2D eigenvalue weighted by Crippen LogP contribution is -2.11. The van der Waals surface area contributed by atoms with E-state index < -0.39 is 12.1 Å². The van der Waals surface area contributed by atoms with Crippen LogP contribution in [0.1, 0.15) is 29.3 Å². The second-order valence-electron chi connectivity index (χ2n) is 6.13. The smallest absolute Gasteiger partial charge is 0.342 e. The molecule has 9 heteroatoms. The van der Waals surface area contributed by atoms with Crippen molar-refractivity contribution in [3.8, 4) is 34.5 Å². The van der Waals surface area contributed by atoms with Gasteiger partial charge in [-0.15, -0.1) is 10.2 Å². The van der Waals surface area contributed by atoms with E-state index in [0.29, 0.717) is 23.1 Å². The summed E-state index contributed by atoms with van der Waals surface area (Å²) in [7, 11) is 6.00. The van der Waals surface area contributed by atoms with Crippen LogP contribution < -0.4 is 18.9 Å². The summed E-state index contributed by atoms with van der Waals surface area (Å²) in [5.74, 6) is 1.63. The van der Waals surface area contributed by atoms with Gasteiger partial charge in [0.25, 0.3) is 5.89 Å². The first kappa shape index (κ1) is 21.0. The molecular weight excluding hydrogens is 392 g/mol. The molecule has 0 N–H and O–H groups in total. The zero-order valence-corrected chi connectivity index (χ0v) is 17.3. The maximum atomic E-state index is 12.7. The normalized spacial score (nSPS) is 11.5. The number of rotatable bonds is 8. The van der Waals surface area contributed by atoms with Gasteiger partial charge in [0.2, 0.25) is 5.89 Å². The van der Waals surface area contributed by atoms with Crippen molar-refractivity contribution >= 4 is 5.97 Å². The van der Waals surface area contributed by atoms with Crippen LogP contribution in [0.2, 0.25) is 0 Å². The molecule has 0 fully saturated rings. The molecule has 1 aromatic heterocycles. The molecule has 1 atom stereocenters. The second-order valence-corrected chi connectivity index (χ2v) is 6.13. The molecule has 0 aliphatic heterocycles. The fourth-order valence-corrected chi connectivity index (χ4v) is 2.71. The maximum Gasteiger partial charge on any atom is 0.342 e. The molecule has 9 nitrogen and oxygen atoms in total. The molecule has 3 rings (SSSR count). The molecular formula is C21H22N2O7. The number of aromatic nitrogens is 2. The van der Waals surface area contributed by atoms with Crippen LogP contribution in [0.5, 0.6) is 23.0 Å². The number of ether oxygens (including phenoxy) is 5. The molecule has 0 radical (unpaired) electrons. The van der Waals surface area contributed by atoms with Crippen LogP contribution in [0.25, 0.3) is 11.5 Å². The Kier molecular flexibility index (Phi) is 6.41. The number of hydrogen-bond donors (Lipinski definition) is 0. The summed E-state index contributed by atoms with van der Waals surface area (Å²) in [6, 6.07) is 10.2. The monoisotopic (exact) mass is 414 g/mol. The van der Waals surface area contributed by atoms with Gasteiger partial charge < -0.3 is 28.1 Å². The first-order chi connectivity index (χ1) is 14.5. The van der Waals surface area contributed by atoms with E-state index in [2.05, 4.69) is 10.2 Å². The van der Waals surface area contributed by atoms with Crippen molar-refractivity contribution in [1.29, 1.82) is 0 Å². The lowest BCUT2D eigenvalue weighted by Gasteiger charge is -2.15. The zero-order chi connectivity index (χ0) is 21.7. The molecule has 30 heavy (non-hydrogen) atoms. The third kappa shape index (κ3) is 4.29. The summed E-state index contributed by atoms with van der Waals surface area (Å²) in [5.41, 5.74) is 0.895. The van der Waals surface area contributed by atoms with Gasteiger partial charge in [-0.3, -0.25) is 0 Å². The van der Waals surface area contributed by atoms with Crippen molar-refractivity contribution in [3.05, 3.63) is 47.9 Å². The third-order valence-electron chi connectivity index (χ3n) is 4.33. The number of benzene rings is 2. The predicted octanol–water partition coefficient (Wildman–Crippen LogP) is 3.69. The molecule has 0 bridgehead atoms. The first-order valence-electron chi connectivity index (χ1n) is 8.99. The highest BCUT2D eigenvalue weighted by atomic mass is 16.6. The third-order valence-corrected chi connectivity index (χ3v) is 4.33. The SMILES string of the molecule is COc1ccc(-c2nnc([C@@H](C)OC(=O)c3cc(OC)c(OC)cc3OC)o2)cc1. The Balaban J connectivity index is 1.78. The molecule has 0 unspecified atom stereocenters. The van der Waals surface area contributed by atoms with Crippen LogP contribution >= 0.6 is 0 Å². The molecule has 3 aromatic rings. The summed E-state index contributed by atoms with van der Waals surface area (Å²) in [5, 5.41) is 8.00. The lowest BCUT2D eigenvalue weighted by molar-refractivity contribution is 0.0276. The summed E-state index contributed by atoms with van der Waals surface area (Å²) in [6.45, 7) is 1.64. The van der Waals surface area contributed by atoms with E-state index in [1.807, 2.05) is 0 Å². The Bertz CT molecular complexity index is 1010. The average molecular weight is 414 g/mol. The zero-order valence-electron chi connectivity index (χ0n) is 17.3. The minimum atomic E-state index is -0.783. The van der Waals surface area contributed by atoms with Crippen molar-refractivity contribution < 1.29 is 32.9 Å². The predicted molar refractivity (Wildman–Crippen MR) is 106 cm³/mol. The van der Waals surface area contributed by atoms with Crippen LogP contribution in [-0.2, 0) is 4.74 Å². The van der Waals surface area contributed by atoms with Gasteiger partial charge in [-0.1, -0.05) is 0 Å². The Hall–Kier alpha value is -3.75. The molecule has 1 heterocycles. The highest BCUT2D eigenvalue weighted by Crippen LogP contribution is 2.35. The van der Waals surface area contributed by atoms with E-state index in [9.17, 15) is 4.79 Å². The highest BCUT2D eigenvalue weighted by Gasteiger charge is 2.24. The summed E-state index contributed by atoms with van der Waals surface area (Å²) in [6.07, 6.45) is -0.783. The van der Waals surface area contributed by atoms with Crippen LogP contribution in [0.4, 0.5) is 0 Å². The van der Waals surface area contributed by atoms with Gasteiger partial charge in [0.1, 0.15) is 17.1 Å². The van der Waals surface area contributed by atoms with Gasteiger partial charge in [0, 0.05) is 17.7 Å². The molecule has 0 aliphatic carbocycles. The Labute approximate surface area is 173 Å². The fourth-order valence-electron chi connectivity index (χ4n) is 2.71. The van der Waals surface area contributed by atoms with E-state index >= 15 is 0 Å². The number of carbonyl (C=O) groups is 1. The molecule has 0 aliphatic rings. The Morgan fingerprint density at radius 3 is 2.10 bits per heavy atom. The minimum Gasteiger partial charge on any atom is -0.497 e. The number of nitrogens with zero attached hydrogens (tertiary/aromatic N) is 2. The topological polar surface area (TPSA) is 102 Å². The number of carbonyl (C=O) groups excluding carboxylic acids is 1. The van der Waals surface area contributed by atoms with E-state index in [-0.39, 0.29) is 17.2 Å². The van der Waals surface area contributed by atoms with Crippen molar-refractivity contribution in [2.45, 2.75) is 13.0 Å². The second kappa shape index (κ2) is 9.17. The number of hydrogen-bond acceptors (Lipinski definition) is 9. The van der Waals surface area contributed by atoms with Gasteiger partial charge in [0.05, 0.1) is 28.4 Å². The average Bonchev–Trinajstić information content (AvgIpc) is 3.28. The minimum absolute atomic E-state index is 0.161. The van der Waals surface area contributed by atoms with Crippen molar-refractivity contribution in [1.82, 2.24) is 10.2 Å². The van der Waals surface area contributed by atoms with E-state index in [1.165, 1.54) is 27.4 Å².